The van der Waals surface area contributed by atoms with Crippen LogP contribution < -0.4 is 0 Å². The summed E-state index contributed by atoms with van der Waals surface area (Å²) in [6.07, 6.45) is -0.220. The van der Waals surface area contributed by atoms with E-state index in [0.29, 0.717) is 11.1 Å². The number of methoxy groups -OCH3 is 1. The highest BCUT2D eigenvalue weighted by Gasteiger charge is 2.73. The number of aliphatic hydroxyl groups is 2. The Labute approximate surface area is 168 Å². The van der Waals surface area contributed by atoms with Gasteiger partial charge in [-0.3, -0.25) is 14.4 Å². The van der Waals surface area contributed by atoms with Crippen molar-refractivity contribution in [3.63, 3.8) is 0 Å². The fraction of sp³-hybridized carbons (Fsp3) is 0.667. The molecule has 1 saturated carbocycles. The Kier molecular flexibility index (Phi) is 4.44. The number of rotatable bonds is 4. The van der Waals surface area contributed by atoms with Crippen molar-refractivity contribution in [3.05, 3.63) is 23.8 Å². The molecule has 2 unspecified atom stereocenters. The SMILES string of the molecule is C=C(C)[C@H](CC(=O)OC)C1=CC2C(=O)O[C@@H]3C[C@](C)(O)[C@@H]([C@H]23)[C@]12OC(=O)CC2O. The summed E-state index contributed by atoms with van der Waals surface area (Å²) in [5.41, 5.74) is -1.89. The minimum Gasteiger partial charge on any atom is -0.469 e. The monoisotopic (exact) mass is 406 g/mol. The van der Waals surface area contributed by atoms with E-state index < -0.39 is 65.0 Å². The maximum absolute atomic E-state index is 12.5. The van der Waals surface area contributed by atoms with E-state index in [2.05, 4.69) is 6.58 Å². The van der Waals surface area contributed by atoms with E-state index in [4.69, 9.17) is 14.2 Å². The fourth-order valence-corrected chi connectivity index (χ4v) is 5.99. The molecule has 2 N–H and O–H groups in total. The number of hydrogen-bond donors (Lipinski definition) is 2. The minimum atomic E-state index is -1.55. The van der Waals surface area contributed by atoms with Crippen LogP contribution in [-0.4, -0.2) is 58.6 Å². The van der Waals surface area contributed by atoms with Crippen LogP contribution in [0.15, 0.2) is 23.8 Å². The van der Waals surface area contributed by atoms with Gasteiger partial charge in [-0.2, -0.15) is 0 Å². The van der Waals surface area contributed by atoms with Crippen LogP contribution in [0.3, 0.4) is 0 Å². The van der Waals surface area contributed by atoms with E-state index in [-0.39, 0.29) is 19.3 Å². The Morgan fingerprint density at radius 2 is 2.14 bits per heavy atom. The Morgan fingerprint density at radius 3 is 2.69 bits per heavy atom. The average Bonchev–Trinajstić information content (AvgIpc) is 3.17. The van der Waals surface area contributed by atoms with Crippen LogP contribution in [0.5, 0.6) is 0 Å². The molecule has 3 fully saturated rings. The maximum Gasteiger partial charge on any atom is 0.313 e. The molecule has 4 aliphatic rings. The first-order chi connectivity index (χ1) is 13.5. The smallest absolute Gasteiger partial charge is 0.313 e. The van der Waals surface area contributed by atoms with E-state index >= 15 is 0 Å². The van der Waals surface area contributed by atoms with Crippen LogP contribution in [0.2, 0.25) is 0 Å². The first-order valence-corrected chi connectivity index (χ1v) is 9.80. The third kappa shape index (κ3) is 2.69. The van der Waals surface area contributed by atoms with E-state index in [9.17, 15) is 24.6 Å². The molecule has 0 amide bonds. The molecular formula is C21H26O8. The number of aliphatic hydroxyl groups excluding tert-OH is 1. The summed E-state index contributed by atoms with van der Waals surface area (Å²) in [6.45, 7) is 7.30. The van der Waals surface area contributed by atoms with Gasteiger partial charge in [-0.05, 0) is 19.4 Å². The van der Waals surface area contributed by atoms with Crippen molar-refractivity contribution in [2.24, 2.45) is 23.7 Å². The highest BCUT2D eigenvalue weighted by molar-refractivity contribution is 5.81. The second kappa shape index (κ2) is 6.40. The molecule has 8 nitrogen and oxygen atoms in total. The van der Waals surface area contributed by atoms with Gasteiger partial charge in [-0.25, -0.2) is 0 Å². The van der Waals surface area contributed by atoms with Crippen LogP contribution in [-0.2, 0) is 28.6 Å². The lowest BCUT2D eigenvalue weighted by Gasteiger charge is -2.50. The fourth-order valence-electron chi connectivity index (χ4n) is 5.99. The molecule has 2 aliphatic heterocycles. The molecule has 0 bridgehead atoms. The van der Waals surface area contributed by atoms with Gasteiger partial charge in [0.15, 0.2) is 5.60 Å². The summed E-state index contributed by atoms with van der Waals surface area (Å²) in [5.74, 6) is -3.96. The summed E-state index contributed by atoms with van der Waals surface area (Å²) in [5, 5.41) is 22.3. The summed E-state index contributed by atoms with van der Waals surface area (Å²) in [6, 6.07) is 0. The third-order valence-corrected chi connectivity index (χ3v) is 7.03. The summed E-state index contributed by atoms with van der Waals surface area (Å²) < 4.78 is 16.1. The second-order valence-electron chi connectivity index (χ2n) is 8.91. The van der Waals surface area contributed by atoms with Gasteiger partial charge in [0.1, 0.15) is 12.2 Å². The zero-order valence-corrected chi connectivity index (χ0v) is 16.7. The molecule has 0 aromatic carbocycles. The van der Waals surface area contributed by atoms with Crippen LogP contribution in [0, 0.1) is 23.7 Å². The van der Waals surface area contributed by atoms with Gasteiger partial charge < -0.3 is 24.4 Å². The van der Waals surface area contributed by atoms with Crippen LogP contribution in [0.1, 0.15) is 33.1 Å². The molecule has 158 valence electrons. The van der Waals surface area contributed by atoms with Crippen molar-refractivity contribution in [1.29, 1.82) is 0 Å². The van der Waals surface area contributed by atoms with Crippen molar-refractivity contribution >= 4 is 17.9 Å². The van der Waals surface area contributed by atoms with Crippen LogP contribution >= 0.6 is 0 Å². The van der Waals surface area contributed by atoms with Crippen molar-refractivity contribution in [2.45, 2.75) is 56.5 Å². The van der Waals surface area contributed by atoms with Gasteiger partial charge in [0.25, 0.3) is 0 Å². The number of carbonyl (C=O) groups excluding carboxylic acids is 3. The lowest BCUT2D eigenvalue weighted by Crippen LogP contribution is -2.60. The van der Waals surface area contributed by atoms with Gasteiger partial charge in [0.2, 0.25) is 0 Å². The number of esters is 3. The highest BCUT2D eigenvalue weighted by atomic mass is 16.6. The molecule has 0 radical (unpaired) electrons. The zero-order valence-electron chi connectivity index (χ0n) is 16.7. The standard InChI is InChI=1S/C21H26O8/c1-9(2)10(6-15(23)27-4)12-5-11-17-13(28-19(11)25)8-20(3,26)18(17)21(12)14(22)7-16(24)29-21/h5,10-11,13-14,17-18,22,26H,1,6-8H2,2-4H3/t10-,11?,13+,14?,17+,18+,20-,21-/m0/s1. The lowest BCUT2D eigenvalue weighted by molar-refractivity contribution is -0.173. The van der Waals surface area contributed by atoms with Crippen molar-refractivity contribution in [2.75, 3.05) is 7.11 Å². The second-order valence-corrected chi connectivity index (χ2v) is 8.91. The third-order valence-electron chi connectivity index (χ3n) is 7.03. The molecule has 8 heteroatoms. The van der Waals surface area contributed by atoms with Crippen molar-refractivity contribution < 1.29 is 38.8 Å². The van der Waals surface area contributed by atoms with Crippen molar-refractivity contribution in [3.8, 4) is 0 Å². The molecule has 1 spiro atoms. The maximum atomic E-state index is 12.5. The predicted molar refractivity (Wildman–Crippen MR) is 98.1 cm³/mol. The number of fused-ring (bicyclic) bond motifs is 1. The van der Waals surface area contributed by atoms with Gasteiger partial charge >= 0.3 is 17.9 Å². The Hall–Kier alpha value is -2.19. The number of carbonyl (C=O) groups is 3. The number of ether oxygens (including phenoxy) is 3. The molecule has 0 aromatic heterocycles. The summed E-state index contributed by atoms with van der Waals surface area (Å²) in [7, 11) is 1.27. The minimum absolute atomic E-state index is 0.0889. The van der Waals surface area contributed by atoms with Crippen molar-refractivity contribution in [1.82, 2.24) is 0 Å². The van der Waals surface area contributed by atoms with Gasteiger partial charge in [-0.15, -0.1) is 0 Å². The molecule has 2 heterocycles. The van der Waals surface area contributed by atoms with E-state index in [1.54, 1.807) is 19.9 Å². The summed E-state index contributed by atoms with van der Waals surface area (Å²) in [4.78, 5) is 36.9. The lowest BCUT2D eigenvalue weighted by atomic mass is 9.58. The van der Waals surface area contributed by atoms with Gasteiger partial charge in [-0.1, -0.05) is 18.2 Å². The number of hydrogen-bond acceptors (Lipinski definition) is 8. The number of allylic oxidation sites excluding steroid dienone is 1. The first-order valence-electron chi connectivity index (χ1n) is 9.80. The molecule has 2 aliphatic carbocycles. The topological polar surface area (TPSA) is 119 Å². The zero-order chi connectivity index (χ0) is 21.3. The molecule has 2 saturated heterocycles. The van der Waals surface area contributed by atoms with E-state index in [0.717, 1.165) is 0 Å². The molecule has 0 aromatic rings. The molecule has 4 rings (SSSR count). The Bertz CT molecular complexity index is 827. The van der Waals surface area contributed by atoms with Crippen LogP contribution in [0.4, 0.5) is 0 Å². The molecular weight excluding hydrogens is 380 g/mol. The first kappa shape index (κ1) is 20.1. The van der Waals surface area contributed by atoms with Gasteiger partial charge in [0.05, 0.1) is 31.5 Å². The highest BCUT2D eigenvalue weighted by Crippen LogP contribution is 2.63. The normalized spacial score (nSPS) is 43.5. The quantitative estimate of drug-likeness (QED) is 0.397. The Balaban J connectivity index is 1.93. The van der Waals surface area contributed by atoms with Gasteiger partial charge in [0, 0.05) is 24.2 Å². The van der Waals surface area contributed by atoms with E-state index in [1.165, 1.54) is 7.11 Å². The largest absolute Gasteiger partial charge is 0.469 e. The molecule has 29 heavy (non-hydrogen) atoms. The van der Waals surface area contributed by atoms with Crippen LogP contribution in [0.25, 0.3) is 0 Å². The summed E-state index contributed by atoms with van der Waals surface area (Å²) >= 11 is 0. The van der Waals surface area contributed by atoms with E-state index in [1.807, 2.05) is 0 Å². The molecule has 8 atom stereocenters. The average molecular weight is 406 g/mol. The Morgan fingerprint density at radius 1 is 1.45 bits per heavy atom. The predicted octanol–water partition coefficient (Wildman–Crippen LogP) is 0.657.